The van der Waals surface area contributed by atoms with E-state index in [0.29, 0.717) is 12.1 Å². The van der Waals surface area contributed by atoms with Crippen LogP contribution in [0.5, 0.6) is 0 Å². The van der Waals surface area contributed by atoms with Gasteiger partial charge in [0.1, 0.15) is 0 Å². The molecule has 1 aliphatic heterocycles. The van der Waals surface area contributed by atoms with Crippen molar-refractivity contribution in [3.8, 4) is 0 Å². The highest BCUT2D eigenvalue weighted by Crippen LogP contribution is 2.40. The van der Waals surface area contributed by atoms with Gasteiger partial charge >= 0.3 is 0 Å². The molecule has 21 heavy (non-hydrogen) atoms. The Labute approximate surface area is 121 Å². The minimum absolute atomic E-state index is 0.0308. The summed E-state index contributed by atoms with van der Waals surface area (Å²) in [5, 5.41) is 10.7. The van der Waals surface area contributed by atoms with Crippen LogP contribution >= 0.6 is 0 Å². The third-order valence-corrected chi connectivity index (χ3v) is 4.19. The summed E-state index contributed by atoms with van der Waals surface area (Å²) in [6.45, 7) is 1.93. The molecule has 6 heteroatoms. The van der Waals surface area contributed by atoms with Gasteiger partial charge in [0.25, 0.3) is 5.69 Å². The van der Waals surface area contributed by atoms with Crippen molar-refractivity contribution in [2.24, 2.45) is 17.8 Å². The average Bonchev–Trinajstić information content (AvgIpc) is 2.72. The summed E-state index contributed by atoms with van der Waals surface area (Å²) in [7, 11) is 0. The number of allylic oxidation sites excluding steroid dienone is 2. The number of fused-ring (bicyclic) bond motifs is 1. The fourth-order valence-corrected chi connectivity index (χ4v) is 3.13. The third kappa shape index (κ3) is 2.03. The van der Waals surface area contributed by atoms with E-state index in [1.54, 1.807) is 0 Å². The van der Waals surface area contributed by atoms with Crippen molar-refractivity contribution in [2.45, 2.75) is 13.3 Å². The molecule has 1 heterocycles. The smallest absolute Gasteiger partial charge is 0.269 e. The number of nitro groups is 1. The van der Waals surface area contributed by atoms with E-state index in [-0.39, 0.29) is 35.3 Å². The molecular weight excluding hydrogens is 272 g/mol. The molecule has 1 aliphatic carbocycles. The predicted molar refractivity (Wildman–Crippen MR) is 75.5 cm³/mol. The molecule has 2 aliphatic rings. The predicted octanol–water partition coefficient (Wildman–Crippen LogP) is 2.30. The van der Waals surface area contributed by atoms with E-state index in [9.17, 15) is 19.7 Å². The molecule has 1 aromatic carbocycles. The van der Waals surface area contributed by atoms with Crippen LogP contribution in [0.15, 0.2) is 36.4 Å². The van der Waals surface area contributed by atoms with Gasteiger partial charge in [0, 0.05) is 12.1 Å². The lowest BCUT2D eigenvalue weighted by Gasteiger charge is -2.22. The second-order valence-electron chi connectivity index (χ2n) is 5.44. The van der Waals surface area contributed by atoms with E-state index in [4.69, 9.17) is 0 Å². The molecular formula is C15H14N2O4. The fourth-order valence-electron chi connectivity index (χ4n) is 3.13. The third-order valence-electron chi connectivity index (χ3n) is 4.19. The number of benzene rings is 1. The fraction of sp³-hybridized carbons (Fsp3) is 0.333. The van der Waals surface area contributed by atoms with E-state index in [1.807, 2.05) is 19.1 Å². The molecule has 0 radical (unpaired) electrons. The topological polar surface area (TPSA) is 80.5 Å². The van der Waals surface area contributed by atoms with E-state index in [2.05, 4.69) is 0 Å². The molecule has 1 aromatic rings. The maximum absolute atomic E-state index is 12.5. The van der Waals surface area contributed by atoms with Crippen LogP contribution in [0.2, 0.25) is 0 Å². The summed E-state index contributed by atoms with van der Waals surface area (Å²) >= 11 is 0. The lowest BCUT2D eigenvalue weighted by Crippen LogP contribution is -2.31. The SMILES string of the molecule is C[C@@H]1C=CC[C@@H]2C(=O)N(c3ccc([N+](=O)[O-])cc3)C(=O)[C@H]12. The lowest BCUT2D eigenvalue weighted by molar-refractivity contribution is -0.384. The van der Waals surface area contributed by atoms with Gasteiger partial charge in [-0.05, 0) is 24.5 Å². The molecule has 108 valence electrons. The molecule has 0 N–H and O–H groups in total. The molecule has 0 saturated carbocycles. The first-order valence-corrected chi connectivity index (χ1v) is 6.79. The highest BCUT2D eigenvalue weighted by molar-refractivity contribution is 6.22. The van der Waals surface area contributed by atoms with Gasteiger partial charge in [-0.1, -0.05) is 19.1 Å². The summed E-state index contributed by atoms with van der Waals surface area (Å²) in [4.78, 5) is 36.3. The monoisotopic (exact) mass is 286 g/mol. The Kier molecular flexibility index (Phi) is 3.08. The summed E-state index contributed by atoms with van der Waals surface area (Å²) in [5.41, 5.74) is 0.336. The number of anilines is 1. The first kappa shape index (κ1) is 13.5. The van der Waals surface area contributed by atoms with E-state index in [1.165, 1.54) is 29.2 Å². The van der Waals surface area contributed by atoms with Crippen LogP contribution in [0, 0.1) is 27.9 Å². The Morgan fingerprint density at radius 2 is 1.86 bits per heavy atom. The van der Waals surface area contributed by atoms with Crippen molar-refractivity contribution in [1.29, 1.82) is 0 Å². The highest BCUT2D eigenvalue weighted by atomic mass is 16.6. The standard InChI is InChI=1S/C15H14N2O4/c1-9-3-2-4-12-13(9)15(19)16(14(12)18)10-5-7-11(8-6-10)17(20)21/h2-3,5-9,12-13H,4H2,1H3/t9-,12+,13-/m1/s1. The zero-order valence-corrected chi connectivity index (χ0v) is 11.4. The van der Waals surface area contributed by atoms with Crippen molar-refractivity contribution < 1.29 is 14.5 Å². The van der Waals surface area contributed by atoms with Crippen LogP contribution in [0.4, 0.5) is 11.4 Å². The first-order valence-electron chi connectivity index (χ1n) is 6.79. The van der Waals surface area contributed by atoms with Crippen LogP contribution in [0.25, 0.3) is 0 Å². The number of amides is 2. The van der Waals surface area contributed by atoms with Crippen molar-refractivity contribution >= 4 is 23.2 Å². The second kappa shape index (κ2) is 4.80. The van der Waals surface area contributed by atoms with E-state index in [0.717, 1.165) is 0 Å². The summed E-state index contributed by atoms with van der Waals surface area (Å²) in [5.74, 6) is -1.03. The zero-order valence-electron chi connectivity index (χ0n) is 11.4. The highest BCUT2D eigenvalue weighted by Gasteiger charge is 2.50. The van der Waals surface area contributed by atoms with E-state index >= 15 is 0 Å². The molecule has 1 fully saturated rings. The molecule has 1 saturated heterocycles. The number of hydrogen-bond acceptors (Lipinski definition) is 4. The number of imide groups is 1. The normalized spacial score (nSPS) is 27.9. The van der Waals surface area contributed by atoms with Crippen molar-refractivity contribution in [1.82, 2.24) is 0 Å². The zero-order chi connectivity index (χ0) is 15.1. The first-order chi connectivity index (χ1) is 10.0. The lowest BCUT2D eigenvalue weighted by atomic mass is 9.78. The Bertz CT molecular complexity index is 650. The van der Waals surface area contributed by atoms with Gasteiger partial charge in [0.05, 0.1) is 22.4 Å². The number of rotatable bonds is 2. The number of hydrogen-bond donors (Lipinski definition) is 0. The Morgan fingerprint density at radius 1 is 1.19 bits per heavy atom. The minimum Gasteiger partial charge on any atom is -0.274 e. The van der Waals surface area contributed by atoms with Gasteiger partial charge in [-0.3, -0.25) is 24.6 Å². The number of nitro benzene ring substituents is 1. The Balaban J connectivity index is 1.94. The van der Waals surface area contributed by atoms with Crippen LogP contribution in [0.1, 0.15) is 13.3 Å². The van der Waals surface area contributed by atoms with Crippen LogP contribution in [-0.4, -0.2) is 16.7 Å². The second-order valence-corrected chi connectivity index (χ2v) is 5.44. The van der Waals surface area contributed by atoms with Crippen LogP contribution in [-0.2, 0) is 9.59 Å². The van der Waals surface area contributed by atoms with Gasteiger partial charge in [0.15, 0.2) is 0 Å². The molecule has 3 atom stereocenters. The molecule has 0 aromatic heterocycles. The molecule has 2 amide bonds. The number of carbonyl (C=O) groups is 2. The number of non-ortho nitro benzene ring substituents is 1. The maximum Gasteiger partial charge on any atom is 0.269 e. The summed E-state index contributed by atoms with van der Waals surface area (Å²) in [6.07, 6.45) is 4.48. The summed E-state index contributed by atoms with van der Waals surface area (Å²) in [6, 6.07) is 5.51. The largest absolute Gasteiger partial charge is 0.274 e. The molecule has 0 spiro atoms. The van der Waals surface area contributed by atoms with Gasteiger partial charge in [-0.25, -0.2) is 0 Å². The minimum atomic E-state index is -0.511. The molecule has 0 bridgehead atoms. The Hall–Kier alpha value is -2.50. The Morgan fingerprint density at radius 3 is 2.43 bits per heavy atom. The number of carbonyl (C=O) groups excluding carboxylic acids is 2. The van der Waals surface area contributed by atoms with Crippen molar-refractivity contribution in [3.05, 3.63) is 46.5 Å². The maximum atomic E-state index is 12.5. The summed E-state index contributed by atoms with van der Waals surface area (Å²) < 4.78 is 0. The van der Waals surface area contributed by atoms with Gasteiger partial charge in [-0.15, -0.1) is 0 Å². The van der Waals surface area contributed by atoms with Gasteiger partial charge < -0.3 is 0 Å². The number of nitrogens with zero attached hydrogens (tertiary/aromatic N) is 2. The molecule has 0 unspecified atom stereocenters. The van der Waals surface area contributed by atoms with E-state index < -0.39 is 4.92 Å². The quantitative estimate of drug-likeness (QED) is 0.361. The van der Waals surface area contributed by atoms with Gasteiger partial charge in [-0.2, -0.15) is 0 Å². The van der Waals surface area contributed by atoms with Crippen molar-refractivity contribution in [3.63, 3.8) is 0 Å². The molecule has 3 rings (SSSR count). The van der Waals surface area contributed by atoms with Crippen LogP contribution in [0.3, 0.4) is 0 Å². The van der Waals surface area contributed by atoms with Crippen molar-refractivity contribution in [2.75, 3.05) is 4.90 Å². The van der Waals surface area contributed by atoms with Gasteiger partial charge in [0.2, 0.25) is 11.8 Å². The molecule has 6 nitrogen and oxygen atoms in total. The average molecular weight is 286 g/mol. The van der Waals surface area contributed by atoms with Crippen LogP contribution < -0.4 is 4.90 Å².